The van der Waals surface area contributed by atoms with Crippen molar-refractivity contribution in [3.8, 4) is 0 Å². The maximum absolute atomic E-state index is 12.5. The van der Waals surface area contributed by atoms with Crippen LogP contribution < -0.4 is 11.1 Å². The molecule has 0 bridgehead atoms. The van der Waals surface area contributed by atoms with E-state index >= 15 is 0 Å². The zero-order valence-corrected chi connectivity index (χ0v) is 12.0. The zero-order valence-electron chi connectivity index (χ0n) is 12.0. The third-order valence-corrected chi connectivity index (χ3v) is 4.10. The Bertz CT molecular complexity index is 666. The second-order valence-electron chi connectivity index (χ2n) is 5.49. The summed E-state index contributed by atoms with van der Waals surface area (Å²) in [6, 6.07) is 7.64. The second kappa shape index (κ2) is 5.69. The molecule has 1 amide bonds. The molecule has 3 N–H and O–H groups in total. The predicted molar refractivity (Wildman–Crippen MR) is 82.0 cm³/mol. The van der Waals surface area contributed by atoms with Crippen LogP contribution in [0.3, 0.4) is 0 Å². The molecule has 1 saturated heterocycles. The highest BCUT2D eigenvalue weighted by Crippen LogP contribution is 2.23. The van der Waals surface area contributed by atoms with Crippen LogP contribution in [0, 0.1) is 5.92 Å². The molecule has 5 heteroatoms. The highest BCUT2D eigenvalue weighted by molar-refractivity contribution is 6.09. The van der Waals surface area contributed by atoms with E-state index in [1.165, 1.54) is 0 Å². The molecule has 1 aliphatic heterocycles. The van der Waals surface area contributed by atoms with Crippen LogP contribution in [0.25, 0.3) is 10.8 Å². The summed E-state index contributed by atoms with van der Waals surface area (Å²) in [6.07, 6.45) is 2.53. The first-order valence-electron chi connectivity index (χ1n) is 7.18. The van der Waals surface area contributed by atoms with Crippen LogP contribution in [0.1, 0.15) is 23.7 Å². The van der Waals surface area contributed by atoms with E-state index in [0.717, 1.165) is 23.8 Å². The number of benzene rings is 1. The number of carbonyl (C=O) groups excluding carboxylic acids is 1. The quantitative estimate of drug-likeness (QED) is 0.904. The van der Waals surface area contributed by atoms with Gasteiger partial charge < -0.3 is 15.8 Å². The van der Waals surface area contributed by atoms with E-state index in [2.05, 4.69) is 10.3 Å². The van der Waals surface area contributed by atoms with Crippen LogP contribution in [0.4, 0.5) is 5.82 Å². The van der Waals surface area contributed by atoms with Crippen LogP contribution in [0.15, 0.2) is 30.5 Å². The van der Waals surface area contributed by atoms with E-state index < -0.39 is 0 Å². The SMILES string of the molecule is CC(NC(=O)c1cnc(N)c2ccccc12)C1CCOC1. The number of aromatic nitrogens is 1. The Balaban J connectivity index is 1.86. The van der Waals surface area contributed by atoms with Gasteiger partial charge in [-0.25, -0.2) is 4.98 Å². The minimum Gasteiger partial charge on any atom is -0.383 e. The number of carbonyl (C=O) groups is 1. The number of ether oxygens (including phenoxy) is 1. The summed E-state index contributed by atoms with van der Waals surface area (Å²) in [5, 5.41) is 4.69. The van der Waals surface area contributed by atoms with Crippen molar-refractivity contribution in [1.82, 2.24) is 10.3 Å². The first-order valence-corrected chi connectivity index (χ1v) is 7.18. The van der Waals surface area contributed by atoms with Crippen LogP contribution >= 0.6 is 0 Å². The first kappa shape index (κ1) is 13.8. The Morgan fingerprint density at radius 1 is 1.43 bits per heavy atom. The molecule has 0 saturated carbocycles. The highest BCUT2D eigenvalue weighted by Gasteiger charge is 2.24. The molecular weight excluding hydrogens is 266 g/mol. The predicted octanol–water partition coefficient (Wildman–Crippen LogP) is 1.97. The molecule has 2 aromatic rings. The first-order chi connectivity index (χ1) is 10.2. The summed E-state index contributed by atoms with van der Waals surface area (Å²) in [5.41, 5.74) is 6.43. The smallest absolute Gasteiger partial charge is 0.253 e. The van der Waals surface area contributed by atoms with Gasteiger partial charge in [-0.3, -0.25) is 4.79 Å². The van der Waals surface area contributed by atoms with E-state index in [4.69, 9.17) is 10.5 Å². The molecule has 1 fully saturated rings. The standard InChI is InChI=1S/C16H19N3O2/c1-10(11-6-7-21-9-11)19-16(20)14-8-18-15(17)13-5-3-2-4-12(13)14/h2-5,8,10-11H,6-7,9H2,1H3,(H2,17,18)(H,19,20). The van der Waals surface area contributed by atoms with Gasteiger partial charge in [0.05, 0.1) is 12.2 Å². The number of amides is 1. The molecule has 1 aromatic heterocycles. The van der Waals surface area contributed by atoms with Crippen molar-refractivity contribution in [3.63, 3.8) is 0 Å². The average molecular weight is 285 g/mol. The van der Waals surface area contributed by atoms with Gasteiger partial charge in [-0.15, -0.1) is 0 Å². The van der Waals surface area contributed by atoms with E-state index in [-0.39, 0.29) is 11.9 Å². The van der Waals surface area contributed by atoms with Crippen molar-refractivity contribution >= 4 is 22.5 Å². The summed E-state index contributed by atoms with van der Waals surface area (Å²) in [6.45, 7) is 3.50. The summed E-state index contributed by atoms with van der Waals surface area (Å²) >= 11 is 0. The molecule has 0 aliphatic carbocycles. The number of nitrogens with one attached hydrogen (secondary N) is 1. The number of nitrogen functional groups attached to an aromatic ring is 1. The lowest BCUT2D eigenvalue weighted by Gasteiger charge is -2.19. The van der Waals surface area contributed by atoms with Gasteiger partial charge in [-0.05, 0) is 18.7 Å². The van der Waals surface area contributed by atoms with Crippen LogP contribution in [0.5, 0.6) is 0 Å². The van der Waals surface area contributed by atoms with Gasteiger partial charge in [-0.1, -0.05) is 24.3 Å². The lowest BCUT2D eigenvalue weighted by molar-refractivity contribution is 0.0923. The summed E-state index contributed by atoms with van der Waals surface area (Å²) in [7, 11) is 0. The fourth-order valence-electron chi connectivity index (χ4n) is 2.74. The third kappa shape index (κ3) is 2.69. The lowest BCUT2D eigenvalue weighted by atomic mass is 10.00. The fourth-order valence-corrected chi connectivity index (χ4v) is 2.74. The fraction of sp³-hybridized carbons (Fsp3) is 0.375. The molecule has 21 heavy (non-hydrogen) atoms. The summed E-state index contributed by atoms with van der Waals surface area (Å²) in [4.78, 5) is 16.6. The summed E-state index contributed by atoms with van der Waals surface area (Å²) in [5.74, 6) is 0.708. The minimum absolute atomic E-state index is 0.0799. The number of fused-ring (bicyclic) bond motifs is 1. The Morgan fingerprint density at radius 2 is 2.19 bits per heavy atom. The van der Waals surface area contributed by atoms with Gasteiger partial charge >= 0.3 is 0 Å². The maximum atomic E-state index is 12.5. The largest absolute Gasteiger partial charge is 0.383 e. The molecule has 5 nitrogen and oxygen atoms in total. The Hall–Kier alpha value is -2.14. The third-order valence-electron chi connectivity index (χ3n) is 4.10. The Kier molecular flexibility index (Phi) is 3.75. The molecule has 2 unspecified atom stereocenters. The number of nitrogens with two attached hydrogens (primary N) is 1. The van der Waals surface area contributed by atoms with Crippen LogP contribution in [0.2, 0.25) is 0 Å². The number of rotatable bonds is 3. The van der Waals surface area contributed by atoms with Gasteiger partial charge in [0.2, 0.25) is 0 Å². The van der Waals surface area contributed by atoms with Gasteiger partial charge in [0.15, 0.2) is 0 Å². The minimum atomic E-state index is -0.113. The van der Waals surface area contributed by atoms with Crippen LogP contribution in [-0.2, 0) is 4.74 Å². The summed E-state index contributed by atoms with van der Waals surface area (Å²) < 4.78 is 5.37. The number of pyridine rings is 1. The zero-order chi connectivity index (χ0) is 14.8. The number of hydrogen-bond acceptors (Lipinski definition) is 4. The number of hydrogen-bond donors (Lipinski definition) is 2. The van der Waals surface area contributed by atoms with E-state index in [9.17, 15) is 4.79 Å². The molecule has 110 valence electrons. The van der Waals surface area contributed by atoms with Gasteiger partial charge in [0.1, 0.15) is 5.82 Å². The van der Waals surface area contributed by atoms with Crippen molar-refractivity contribution in [1.29, 1.82) is 0 Å². The maximum Gasteiger partial charge on any atom is 0.253 e. The molecule has 3 rings (SSSR count). The highest BCUT2D eigenvalue weighted by atomic mass is 16.5. The number of nitrogens with zero attached hydrogens (tertiary/aromatic N) is 1. The van der Waals surface area contributed by atoms with Gasteiger partial charge in [-0.2, -0.15) is 0 Å². The molecule has 2 atom stereocenters. The van der Waals surface area contributed by atoms with Crippen molar-refractivity contribution in [2.24, 2.45) is 5.92 Å². The van der Waals surface area contributed by atoms with Crippen molar-refractivity contribution in [3.05, 3.63) is 36.0 Å². The Labute approximate surface area is 123 Å². The van der Waals surface area contributed by atoms with E-state index in [1.807, 2.05) is 31.2 Å². The normalized spacial score (nSPS) is 19.6. The molecule has 1 aromatic carbocycles. The molecule has 1 aliphatic rings. The lowest BCUT2D eigenvalue weighted by Crippen LogP contribution is -2.38. The number of anilines is 1. The monoisotopic (exact) mass is 285 g/mol. The van der Waals surface area contributed by atoms with E-state index in [1.54, 1.807) is 6.20 Å². The Morgan fingerprint density at radius 3 is 2.90 bits per heavy atom. The molecule has 2 heterocycles. The molecular formula is C16H19N3O2. The van der Waals surface area contributed by atoms with Gasteiger partial charge in [0, 0.05) is 30.1 Å². The molecule has 0 radical (unpaired) electrons. The topological polar surface area (TPSA) is 77.2 Å². The van der Waals surface area contributed by atoms with Crippen LogP contribution in [-0.4, -0.2) is 30.1 Å². The van der Waals surface area contributed by atoms with E-state index in [0.29, 0.717) is 23.9 Å². The second-order valence-corrected chi connectivity index (χ2v) is 5.49. The van der Waals surface area contributed by atoms with Gasteiger partial charge in [0.25, 0.3) is 5.91 Å². The van der Waals surface area contributed by atoms with Crippen molar-refractivity contribution < 1.29 is 9.53 Å². The molecule has 0 spiro atoms. The van der Waals surface area contributed by atoms with Crippen molar-refractivity contribution in [2.45, 2.75) is 19.4 Å². The van der Waals surface area contributed by atoms with Crippen molar-refractivity contribution in [2.75, 3.05) is 18.9 Å². The average Bonchev–Trinajstić information content (AvgIpc) is 3.02.